The summed E-state index contributed by atoms with van der Waals surface area (Å²) >= 11 is 1.37. The third-order valence-electron chi connectivity index (χ3n) is 5.57. The zero-order valence-corrected chi connectivity index (χ0v) is 20.6. The van der Waals surface area contributed by atoms with Crippen molar-refractivity contribution < 1.29 is 19.0 Å². The Labute approximate surface area is 203 Å². The Balaban J connectivity index is 1.57. The van der Waals surface area contributed by atoms with Crippen molar-refractivity contribution in [3.05, 3.63) is 48.0 Å². The lowest BCUT2D eigenvalue weighted by molar-refractivity contribution is -0.115. The van der Waals surface area contributed by atoms with E-state index in [0.717, 1.165) is 30.3 Å². The highest BCUT2D eigenvalue weighted by Crippen LogP contribution is 2.33. The van der Waals surface area contributed by atoms with Crippen LogP contribution in [-0.2, 0) is 9.53 Å². The number of aromatic nitrogens is 3. The van der Waals surface area contributed by atoms with Crippen LogP contribution in [0.1, 0.15) is 12.5 Å². The monoisotopic (exact) mass is 483 g/mol. The topological polar surface area (TPSA) is 90.7 Å². The summed E-state index contributed by atoms with van der Waals surface area (Å²) in [6.45, 7) is 6.68. The van der Waals surface area contributed by atoms with Crippen molar-refractivity contribution in [1.29, 1.82) is 0 Å². The molecule has 180 valence electrons. The first-order valence-electron chi connectivity index (χ1n) is 11.1. The minimum atomic E-state index is -0.419. The average molecular weight is 484 g/mol. The second-order valence-electron chi connectivity index (χ2n) is 7.82. The van der Waals surface area contributed by atoms with Crippen molar-refractivity contribution in [2.75, 3.05) is 50.7 Å². The fourth-order valence-corrected chi connectivity index (χ4v) is 4.56. The van der Waals surface area contributed by atoms with Crippen LogP contribution in [0.15, 0.2) is 47.6 Å². The van der Waals surface area contributed by atoms with Gasteiger partial charge in [0, 0.05) is 24.8 Å². The normalized spacial score (nSPS) is 14.5. The minimum absolute atomic E-state index is 0.149. The fraction of sp³-hybridized carbons (Fsp3) is 0.375. The van der Waals surface area contributed by atoms with E-state index in [1.165, 1.54) is 11.8 Å². The predicted molar refractivity (Wildman–Crippen MR) is 133 cm³/mol. The average Bonchev–Trinajstić information content (AvgIpc) is 3.27. The zero-order valence-electron chi connectivity index (χ0n) is 19.8. The molecule has 1 N–H and O–H groups in total. The van der Waals surface area contributed by atoms with Gasteiger partial charge in [0.2, 0.25) is 11.9 Å². The summed E-state index contributed by atoms with van der Waals surface area (Å²) in [7, 11) is 3.14. The number of para-hydroxylation sites is 1. The number of benzene rings is 2. The Morgan fingerprint density at radius 3 is 2.53 bits per heavy atom. The summed E-state index contributed by atoms with van der Waals surface area (Å²) in [5.74, 6) is 1.76. The van der Waals surface area contributed by atoms with E-state index < -0.39 is 5.25 Å². The molecule has 1 aliphatic heterocycles. The van der Waals surface area contributed by atoms with Gasteiger partial charge >= 0.3 is 0 Å². The summed E-state index contributed by atoms with van der Waals surface area (Å²) in [5, 5.41) is 12.1. The largest absolute Gasteiger partial charge is 0.493 e. The van der Waals surface area contributed by atoms with Crippen LogP contribution in [0.5, 0.6) is 11.5 Å². The number of hydrogen-bond donors (Lipinski definition) is 1. The molecule has 3 aromatic rings. The molecule has 2 heterocycles. The number of ether oxygens (including phenoxy) is 3. The highest BCUT2D eigenvalue weighted by atomic mass is 32.2. The molecule has 2 aromatic carbocycles. The van der Waals surface area contributed by atoms with E-state index in [-0.39, 0.29) is 5.91 Å². The lowest BCUT2D eigenvalue weighted by atomic mass is 10.2. The molecule has 10 heteroatoms. The first-order chi connectivity index (χ1) is 16.5. The Hall–Kier alpha value is -3.24. The van der Waals surface area contributed by atoms with Crippen molar-refractivity contribution in [2.45, 2.75) is 24.3 Å². The molecule has 1 atom stereocenters. The van der Waals surface area contributed by atoms with Crippen LogP contribution < -0.4 is 19.7 Å². The Morgan fingerprint density at radius 2 is 1.82 bits per heavy atom. The van der Waals surface area contributed by atoms with Gasteiger partial charge in [0.15, 0.2) is 16.7 Å². The van der Waals surface area contributed by atoms with Crippen molar-refractivity contribution in [2.24, 2.45) is 0 Å². The molecule has 1 amide bonds. The van der Waals surface area contributed by atoms with Gasteiger partial charge < -0.3 is 24.4 Å². The summed E-state index contributed by atoms with van der Waals surface area (Å²) in [6.07, 6.45) is 0. The van der Waals surface area contributed by atoms with Gasteiger partial charge in [-0.25, -0.2) is 0 Å². The summed E-state index contributed by atoms with van der Waals surface area (Å²) in [5.41, 5.74) is 2.72. The lowest BCUT2D eigenvalue weighted by Gasteiger charge is -2.28. The number of aryl methyl sites for hydroxylation is 1. The number of carbonyl (C=O) groups is 1. The van der Waals surface area contributed by atoms with Gasteiger partial charge in [-0.1, -0.05) is 30.0 Å². The third kappa shape index (κ3) is 5.13. The molecule has 1 aliphatic rings. The molecule has 0 spiro atoms. The maximum absolute atomic E-state index is 13.0. The maximum atomic E-state index is 13.0. The van der Waals surface area contributed by atoms with E-state index >= 15 is 0 Å². The minimum Gasteiger partial charge on any atom is -0.493 e. The Morgan fingerprint density at radius 1 is 1.09 bits per heavy atom. The van der Waals surface area contributed by atoms with Crippen LogP contribution in [0.2, 0.25) is 0 Å². The van der Waals surface area contributed by atoms with Gasteiger partial charge in [0.1, 0.15) is 0 Å². The maximum Gasteiger partial charge on any atom is 0.237 e. The van der Waals surface area contributed by atoms with Crippen molar-refractivity contribution in [3.63, 3.8) is 0 Å². The van der Waals surface area contributed by atoms with E-state index in [2.05, 4.69) is 33.4 Å². The molecular weight excluding hydrogens is 454 g/mol. The molecule has 0 saturated carbocycles. The van der Waals surface area contributed by atoms with Gasteiger partial charge in [-0.3, -0.25) is 9.36 Å². The number of methoxy groups -OCH3 is 2. The second-order valence-corrected chi connectivity index (χ2v) is 9.13. The number of rotatable bonds is 8. The number of morpholine rings is 1. The molecule has 0 bridgehead atoms. The molecule has 1 aromatic heterocycles. The van der Waals surface area contributed by atoms with Crippen LogP contribution in [0.25, 0.3) is 5.69 Å². The Bertz CT molecular complexity index is 1150. The number of carbonyl (C=O) groups excluding carboxylic acids is 1. The van der Waals surface area contributed by atoms with E-state index in [9.17, 15) is 4.79 Å². The van der Waals surface area contributed by atoms with Crippen molar-refractivity contribution >= 4 is 29.3 Å². The summed E-state index contributed by atoms with van der Waals surface area (Å²) in [6, 6.07) is 13.4. The number of anilines is 2. The third-order valence-corrected chi connectivity index (χ3v) is 6.61. The van der Waals surface area contributed by atoms with Crippen molar-refractivity contribution in [3.8, 4) is 17.2 Å². The van der Waals surface area contributed by atoms with Gasteiger partial charge in [-0.2, -0.15) is 0 Å². The van der Waals surface area contributed by atoms with Crippen LogP contribution in [0.3, 0.4) is 0 Å². The summed E-state index contributed by atoms with van der Waals surface area (Å²) in [4.78, 5) is 15.2. The number of hydrogen-bond acceptors (Lipinski definition) is 8. The smallest absolute Gasteiger partial charge is 0.237 e. The highest BCUT2D eigenvalue weighted by molar-refractivity contribution is 8.00. The molecule has 1 unspecified atom stereocenters. The van der Waals surface area contributed by atoms with Gasteiger partial charge in [0.25, 0.3) is 0 Å². The van der Waals surface area contributed by atoms with Crippen LogP contribution in [0, 0.1) is 6.92 Å². The molecular formula is C24H29N5O4S. The standard InChI is InChI=1S/C24H29N5O4S/c1-16-7-5-6-8-19(16)29-23(28-11-13-33-14-12-28)26-27-24(29)34-17(2)22(30)25-18-9-10-20(31-3)21(15-18)32-4/h5-10,15,17H,11-14H2,1-4H3,(H,25,30). The van der Waals surface area contributed by atoms with E-state index in [1.807, 2.05) is 29.7 Å². The second kappa shape index (κ2) is 10.8. The number of amides is 1. The molecule has 0 aliphatic carbocycles. The first kappa shape index (κ1) is 23.9. The van der Waals surface area contributed by atoms with E-state index in [1.54, 1.807) is 32.4 Å². The number of nitrogens with one attached hydrogen (secondary N) is 1. The zero-order chi connectivity index (χ0) is 24.1. The van der Waals surface area contributed by atoms with Gasteiger partial charge in [-0.15, -0.1) is 10.2 Å². The van der Waals surface area contributed by atoms with Crippen LogP contribution in [-0.4, -0.2) is 66.4 Å². The molecule has 0 radical (unpaired) electrons. The van der Waals surface area contributed by atoms with E-state index in [0.29, 0.717) is 35.6 Å². The molecule has 1 saturated heterocycles. The van der Waals surface area contributed by atoms with Gasteiger partial charge in [0.05, 0.1) is 38.4 Å². The Kier molecular flexibility index (Phi) is 7.59. The number of nitrogens with zero attached hydrogens (tertiary/aromatic N) is 4. The molecule has 9 nitrogen and oxygen atoms in total. The van der Waals surface area contributed by atoms with Crippen LogP contribution in [0.4, 0.5) is 11.6 Å². The lowest BCUT2D eigenvalue weighted by Crippen LogP contribution is -2.38. The predicted octanol–water partition coefficient (Wildman–Crippen LogP) is 3.55. The number of thioether (sulfide) groups is 1. The highest BCUT2D eigenvalue weighted by Gasteiger charge is 2.25. The molecule has 1 fully saturated rings. The van der Waals surface area contributed by atoms with Gasteiger partial charge in [-0.05, 0) is 37.6 Å². The SMILES string of the molecule is COc1ccc(NC(=O)C(C)Sc2nnc(N3CCOCC3)n2-c2ccccc2C)cc1OC. The van der Waals surface area contributed by atoms with Crippen LogP contribution >= 0.6 is 11.8 Å². The van der Waals surface area contributed by atoms with E-state index in [4.69, 9.17) is 14.2 Å². The first-order valence-corrected chi connectivity index (χ1v) is 11.9. The summed E-state index contributed by atoms with van der Waals surface area (Å²) < 4.78 is 18.1. The molecule has 34 heavy (non-hydrogen) atoms. The fourth-order valence-electron chi connectivity index (χ4n) is 3.70. The van der Waals surface area contributed by atoms with Crippen molar-refractivity contribution in [1.82, 2.24) is 14.8 Å². The molecule has 4 rings (SSSR count). The quantitative estimate of drug-likeness (QED) is 0.487.